The van der Waals surface area contributed by atoms with E-state index in [0.717, 1.165) is 23.0 Å². The molecule has 22 heavy (non-hydrogen) atoms. The lowest BCUT2D eigenvalue weighted by Gasteiger charge is -2.22. The number of aliphatic hydroxyl groups is 1. The number of hydrogen-bond donors (Lipinski definition) is 1. The van der Waals surface area contributed by atoms with Crippen LogP contribution in [0.4, 0.5) is 0 Å². The first-order valence-corrected chi connectivity index (χ1v) is 11.1. The Kier molecular flexibility index (Phi) is 3.89. The number of pyridine rings is 1. The van der Waals surface area contributed by atoms with Crippen LogP contribution in [0, 0.1) is 0 Å². The zero-order valence-corrected chi connectivity index (χ0v) is 14.4. The third-order valence-corrected chi connectivity index (χ3v) is 6.02. The Morgan fingerprint density at radius 1 is 1.09 bits per heavy atom. The second kappa shape index (κ2) is 5.70. The normalized spacial score (nSPS) is 12.0. The fourth-order valence-corrected chi connectivity index (χ4v) is 5.34. The van der Waals surface area contributed by atoms with Crippen LogP contribution in [-0.4, -0.2) is 22.7 Å². The molecule has 2 heterocycles. The molecule has 0 amide bonds. The van der Waals surface area contributed by atoms with Gasteiger partial charge < -0.3 is 9.67 Å². The van der Waals surface area contributed by atoms with Crippen molar-refractivity contribution in [1.29, 1.82) is 0 Å². The van der Waals surface area contributed by atoms with Crippen LogP contribution in [0.3, 0.4) is 0 Å². The number of nitrogens with zero attached hydrogens (tertiary/aromatic N) is 2. The Bertz CT molecular complexity index is 788. The van der Waals surface area contributed by atoms with Crippen LogP contribution in [0.1, 0.15) is 11.1 Å². The Balaban J connectivity index is 2.27. The summed E-state index contributed by atoms with van der Waals surface area (Å²) in [5.74, 6) is 0. The van der Waals surface area contributed by atoms with Gasteiger partial charge >= 0.3 is 0 Å². The standard InChI is InChI=1S/C18H22N2OSi/c1-22(2,3)18-16(13-21)15-9-10-19-11-17(15)20(18)12-14-7-5-4-6-8-14/h4-11,21H,12-13H2,1-3H3. The Labute approximate surface area is 132 Å². The van der Waals surface area contributed by atoms with Crippen LogP contribution in [-0.2, 0) is 13.2 Å². The highest BCUT2D eigenvalue weighted by atomic mass is 28.3. The molecule has 3 aromatic rings. The molecule has 0 aliphatic heterocycles. The molecule has 4 heteroatoms. The van der Waals surface area contributed by atoms with Crippen LogP contribution in [0.15, 0.2) is 48.8 Å². The lowest BCUT2D eigenvalue weighted by Crippen LogP contribution is -2.45. The maximum Gasteiger partial charge on any atom is 0.0990 e. The van der Waals surface area contributed by atoms with Crippen LogP contribution in [0.5, 0.6) is 0 Å². The minimum atomic E-state index is -1.61. The SMILES string of the molecule is C[Si](C)(C)c1c(CO)c2ccncc2n1Cc1ccccc1. The molecule has 0 saturated heterocycles. The Morgan fingerprint density at radius 2 is 1.82 bits per heavy atom. The number of hydrogen-bond acceptors (Lipinski definition) is 2. The second-order valence-electron chi connectivity index (χ2n) is 6.70. The van der Waals surface area contributed by atoms with Gasteiger partial charge in [-0.15, -0.1) is 0 Å². The number of aliphatic hydroxyl groups excluding tert-OH is 1. The summed E-state index contributed by atoms with van der Waals surface area (Å²) in [5, 5.41) is 12.4. The molecule has 114 valence electrons. The molecule has 0 spiro atoms. The molecule has 0 fully saturated rings. The third kappa shape index (κ3) is 2.60. The summed E-state index contributed by atoms with van der Waals surface area (Å²) in [4.78, 5) is 4.30. The molecule has 2 aromatic heterocycles. The average Bonchev–Trinajstić information content (AvgIpc) is 2.82. The summed E-state index contributed by atoms with van der Waals surface area (Å²) < 4.78 is 2.36. The largest absolute Gasteiger partial charge is 0.392 e. The van der Waals surface area contributed by atoms with Crippen LogP contribution in [0.25, 0.3) is 10.9 Å². The van der Waals surface area contributed by atoms with E-state index < -0.39 is 8.07 Å². The van der Waals surface area contributed by atoms with Gasteiger partial charge in [0.15, 0.2) is 0 Å². The summed E-state index contributed by atoms with van der Waals surface area (Å²) in [6.07, 6.45) is 3.73. The highest BCUT2D eigenvalue weighted by Crippen LogP contribution is 2.23. The summed E-state index contributed by atoms with van der Waals surface area (Å²) in [5.41, 5.74) is 3.47. The van der Waals surface area contributed by atoms with Gasteiger partial charge in [-0.2, -0.15) is 0 Å². The molecular formula is C18H22N2OSi. The summed E-state index contributed by atoms with van der Waals surface area (Å²) in [6.45, 7) is 7.89. The maximum atomic E-state index is 9.95. The zero-order valence-electron chi connectivity index (χ0n) is 13.4. The van der Waals surface area contributed by atoms with E-state index in [1.807, 2.05) is 24.5 Å². The van der Waals surface area contributed by atoms with Gasteiger partial charge in [0.05, 0.1) is 26.4 Å². The van der Waals surface area contributed by atoms with E-state index in [2.05, 4.69) is 53.5 Å². The van der Waals surface area contributed by atoms with Gasteiger partial charge in [-0.1, -0.05) is 50.0 Å². The molecule has 0 saturated carbocycles. The number of fused-ring (bicyclic) bond motifs is 1. The fraction of sp³-hybridized carbons (Fsp3) is 0.278. The van der Waals surface area contributed by atoms with Gasteiger partial charge in [-0.05, 0) is 11.6 Å². The highest BCUT2D eigenvalue weighted by molar-refractivity contribution is 6.88. The van der Waals surface area contributed by atoms with Crippen molar-refractivity contribution in [2.45, 2.75) is 32.8 Å². The number of benzene rings is 1. The summed E-state index contributed by atoms with van der Waals surface area (Å²) >= 11 is 0. The monoisotopic (exact) mass is 310 g/mol. The third-order valence-electron chi connectivity index (χ3n) is 4.02. The van der Waals surface area contributed by atoms with Crippen molar-refractivity contribution in [1.82, 2.24) is 9.55 Å². The van der Waals surface area contributed by atoms with E-state index in [4.69, 9.17) is 0 Å². The number of rotatable bonds is 4. The first-order valence-electron chi connectivity index (χ1n) is 7.62. The topological polar surface area (TPSA) is 38.1 Å². The summed E-state index contributed by atoms with van der Waals surface area (Å²) in [7, 11) is -1.61. The van der Waals surface area contributed by atoms with Crippen molar-refractivity contribution in [2.75, 3.05) is 0 Å². The van der Waals surface area contributed by atoms with Crippen molar-refractivity contribution >= 4 is 24.3 Å². The first kappa shape index (κ1) is 15.0. The van der Waals surface area contributed by atoms with Crippen molar-refractivity contribution < 1.29 is 5.11 Å². The molecule has 3 nitrogen and oxygen atoms in total. The van der Waals surface area contributed by atoms with Crippen LogP contribution in [0.2, 0.25) is 19.6 Å². The predicted molar refractivity (Wildman–Crippen MR) is 94.2 cm³/mol. The van der Waals surface area contributed by atoms with E-state index in [1.54, 1.807) is 0 Å². The second-order valence-corrected chi connectivity index (χ2v) is 11.7. The number of aromatic nitrogens is 2. The Hall–Kier alpha value is -1.91. The molecule has 0 unspecified atom stereocenters. The smallest absolute Gasteiger partial charge is 0.0990 e. The van der Waals surface area contributed by atoms with Gasteiger partial charge in [0.25, 0.3) is 0 Å². The van der Waals surface area contributed by atoms with Crippen molar-refractivity contribution in [3.8, 4) is 0 Å². The lowest BCUT2D eigenvalue weighted by molar-refractivity contribution is 0.284. The molecule has 0 aliphatic rings. The minimum Gasteiger partial charge on any atom is -0.392 e. The van der Waals surface area contributed by atoms with E-state index in [9.17, 15) is 5.11 Å². The van der Waals surface area contributed by atoms with E-state index in [1.165, 1.54) is 10.9 Å². The lowest BCUT2D eigenvalue weighted by atomic mass is 10.2. The van der Waals surface area contributed by atoms with E-state index in [-0.39, 0.29) is 6.61 Å². The summed E-state index contributed by atoms with van der Waals surface area (Å²) in [6, 6.07) is 12.5. The first-order chi connectivity index (χ1) is 10.5. The van der Waals surface area contributed by atoms with Crippen LogP contribution >= 0.6 is 0 Å². The average molecular weight is 310 g/mol. The molecule has 0 aliphatic carbocycles. The van der Waals surface area contributed by atoms with Crippen molar-refractivity contribution in [3.05, 3.63) is 59.9 Å². The fourth-order valence-electron chi connectivity index (χ4n) is 3.22. The zero-order chi connectivity index (χ0) is 15.7. The van der Waals surface area contributed by atoms with E-state index >= 15 is 0 Å². The quantitative estimate of drug-likeness (QED) is 0.752. The molecular weight excluding hydrogens is 288 g/mol. The van der Waals surface area contributed by atoms with Gasteiger partial charge in [-0.3, -0.25) is 4.98 Å². The van der Waals surface area contributed by atoms with Gasteiger partial charge in [-0.25, -0.2) is 0 Å². The molecule has 0 radical (unpaired) electrons. The van der Waals surface area contributed by atoms with Gasteiger partial charge in [0.1, 0.15) is 0 Å². The van der Waals surface area contributed by atoms with Crippen molar-refractivity contribution in [3.63, 3.8) is 0 Å². The highest BCUT2D eigenvalue weighted by Gasteiger charge is 2.27. The molecule has 3 rings (SSSR count). The molecule has 0 atom stereocenters. The maximum absolute atomic E-state index is 9.95. The molecule has 0 bridgehead atoms. The van der Waals surface area contributed by atoms with Gasteiger partial charge in [0.2, 0.25) is 0 Å². The molecule has 1 N–H and O–H groups in total. The minimum absolute atomic E-state index is 0.0852. The molecule has 1 aromatic carbocycles. The van der Waals surface area contributed by atoms with Crippen molar-refractivity contribution in [2.24, 2.45) is 0 Å². The predicted octanol–water partition coefficient (Wildman–Crippen LogP) is 3.12. The van der Waals surface area contributed by atoms with E-state index in [0.29, 0.717) is 0 Å². The van der Waals surface area contributed by atoms with Gasteiger partial charge in [0, 0.05) is 29.0 Å². The Morgan fingerprint density at radius 3 is 2.45 bits per heavy atom. The van der Waals surface area contributed by atoms with Crippen LogP contribution < -0.4 is 5.32 Å².